The van der Waals surface area contributed by atoms with Crippen LogP contribution in [0, 0.1) is 10.7 Å². The van der Waals surface area contributed by atoms with Gasteiger partial charge in [-0.25, -0.2) is 4.39 Å². The Morgan fingerprint density at radius 3 is 2.81 bits per heavy atom. The van der Waals surface area contributed by atoms with Gasteiger partial charge in [-0.15, -0.1) is 0 Å². The number of fused-ring (bicyclic) bond motifs is 1. The topological polar surface area (TPSA) is 58.5 Å². The van der Waals surface area contributed by atoms with Crippen LogP contribution >= 0.6 is 12.2 Å². The van der Waals surface area contributed by atoms with Crippen LogP contribution in [0.5, 0.6) is 0 Å². The molecule has 1 amide bonds. The van der Waals surface area contributed by atoms with Crippen LogP contribution in [0.4, 0.5) is 4.39 Å². The summed E-state index contributed by atoms with van der Waals surface area (Å²) < 4.78 is 24.9. The molecule has 1 aliphatic heterocycles. The smallest absolute Gasteiger partial charge is 0.266 e. The van der Waals surface area contributed by atoms with Crippen molar-refractivity contribution in [3.05, 3.63) is 64.2 Å². The van der Waals surface area contributed by atoms with Gasteiger partial charge in [-0.1, -0.05) is 18.2 Å². The Morgan fingerprint density at radius 2 is 2.04 bits per heavy atom. The summed E-state index contributed by atoms with van der Waals surface area (Å²) in [6.45, 7) is 1.46. The zero-order valence-corrected chi connectivity index (χ0v) is 15.4. The van der Waals surface area contributed by atoms with Gasteiger partial charge in [-0.3, -0.25) is 4.79 Å². The number of ether oxygens (including phenoxy) is 1. The predicted octanol–water partition coefficient (Wildman–Crippen LogP) is 4.45. The monoisotopic (exact) mass is 386 g/mol. The zero-order chi connectivity index (χ0) is 18.8. The van der Waals surface area contributed by atoms with Gasteiger partial charge in [-0.05, 0) is 49.3 Å². The van der Waals surface area contributed by atoms with Crippen molar-refractivity contribution in [2.45, 2.75) is 25.6 Å². The summed E-state index contributed by atoms with van der Waals surface area (Å²) in [5, 5.41) is 0. The molecule has 0 aliphatic carbocycles. The largest absolute Gasteiger partial charge is 0.429 e. The first kappa shape index (κ1) is 17.9. The highest BCUT2D eigenvalue weighted by molar-refractivity contribution is 7.71. The number of hydrogen-bond acceptors (Lipinski definition) is 4. The van der Waals surface area contributed by atoms with Gasteiger partial charge in [0.2, 0.25) is 0 Å². The van der Waals surface area contributed by atoms with E-state index in [1.807, 2.05) is 4.90 Å². The number of piperidine rings is 1. The Hall–Kier alpha value is -2.51. The minimum absolute atomic E-state index is 0.0265. The van der Waals surface area contributed by atoms with Gasteiger partial charge < -0.3 is 19.0 Å². The van der Waals surface area contributed by atoms with E-state index < -0.39 is 0 Å². The molecule has 0 unspecified atom stereocenters. The fourth-order valence-electron chi connectivity index (χ4n) is 3.31. The van der Waals surface area contributed by atoms with Crippen molar-refractivity contribution in [2.75, 3.05) is 13.1 Å². The lowest BCUT2D eigenvalue weighted by atomic mass is 10.1. The van der Waals surface area contributed by atoms with E-state index in [9.17, 15) is 9.18 Å². The van der Waals surface area contributed by atoms with Crippen LogP contribution in [0.2, 0.25) is 0 Å². The lowest BCUT2D eigenvalue weighted by Gasteiger charge is -2.32. The van der Waals surface area contributed by atoms with Gasteiger partial charge in [0.25, 0.3) is 10.7 Å². The van der Waals surface area contributed by atoms with Gasteiger partial charge in [0.15, 0.2) is 5.58 Å². The Kier molecular flexibility index (Phi) is 5.05. The van der Waals surface area contributed by atoms with E-state index in [-0.39, 0.29) is 24.4 Å². The summed E-state index contributed by atoms with van der Waals surface area (Å²) in [6.07, 6.45) is 1.49. The van der Waals surface area contributed by atoms with Gasteiger partial charge in [0.1, 0.15) is 5.82 Å². The Balaban J connectivity index is 1.34. The van der Waals surface area contributed by atoms with Crippen LogP contribution in [-0.4, -0.2) is 35.0 Å². The Labute approximate surface area is 160 Å². The van der Waals surface area contributed by atoms with Crippen molar-refractivity contribution in [1.82, 2.24) is 9.88 Å². The molecule has 27 heavy (non-hydrogen) atoms. The minimum atomic E-state index is -0.252. The fraction of sp³-hybridized carbons (Fsp3) is 0.300. The summed E-state index contributed by atoms with van der Waals surface area (Å²) >= 11 is 4.97. The summed E-state index contributed by atoms with van der Waals surface area (Å²) in [5.74, 6) is -0.287. The van der Waals surface area contributed by atoms with E-state index in [4.69, 9.17) is 21.4 Å². The van der Waals surface area contributed by atoms with Gasteiger partial charge in [-0.2, -0.15) is 0 Å². The summed E-state index contributed by atoms with van der Waals surface area (Å²) in [5.41, 5.74) is 2.48. The Morgan fingerprint density at radius 1 is 1.26 bits per heavy atom. The second-order valence-corrected chi connectivity index (χ2v) is 6.99. The maximum atomic E-state index is 13.7. The van der Waals surface area contributed by atoms with E-state index in [2.05, 4.69) is 4.98 Å². The maximum Gasteiger partial charge on any atom is 0.266 e. The summed E-state index contributed by atoms with van der Waals surface area (Å²) in [4.78, 5) is 17.8. The highest BCUT2D eigenvalue weighted by Gasteiger charge is 2.24. The average Bonchev–Trinajstić information content (AvgIpc) is 3.06. The van der Waals surface area contributed by atoms with Crippen LogP contribution in [0.3, 0.4) is 0 Å². The Bertz CT molecular complexity index is 1020. The lowest BCUT2D eigenvalue weighted by Crippen LogP contribution is -2.40. The van der Waals surface area contributed by atoms with Crippen molar-refractivity contribution >= 4 is 29.2 Å². The predicted molar refractivity (Wildman–Crippen MR) is 102 cm³/mol. The molecule has 1 aromatic heterocycles. The molecule has 3 aromatic rings. The molecule has 0 spiro atoms. The molecule has 1 saturated heterocycles. The number of likely N-dealkylation sites (tertiary alicyclic amines) is 1. The highest BCUT2D eigenvalue weighted by Crippen LogP contribution is 2.21. The van der Waals surface area contributed by atoms with Crippen molar-refractivity contribution < 1.29 is 18.3 Å². The molecule has 0 saturated carbocycles. The molecule has 0 bridgehead atoms. The van der Waals surface area contributed by atoms with E-state index in [0.717, 1.165) is 18.4 Å². The molecular weight excluding hydrogens is 367 g/mol. The van der Waals surface area contributed by atoms with Crippen LogP contribution in [0.25, 0.3) is 11.1 Å². The van der Waals surface area contributed by atoms with E-state index in [1.54, 1.807) is 36.4 Å². The minimum Gasteiger partial charge on any atom is -0.429 e. The standard InChI is InChI=1S/C20H19FN2O3S/c21-16-4-2-1-3-14(16)12-25-15-7-9-23(10-8-15)19(24)13-5-6-17-18(11-13)26-20(27)22-17/h1-6,11,15H,7-10,12H2,(H,22,27). The molecule has 1 N–H and O–H groups in total. The molecule has 4 rings (SSSR count). The summed E-state index contributed by atoms with van der Waals surface area (Å²) in [7, 11) is 0. The molecule has 5 nitrogen and oxygen atoms in total. The van der Waals surface area contributed by atoms with Gasteiger partial charge >= 0.3 is 0 Å². The maximum absolute atomic E-state index is 13.7. The van der Waals surface area contributed by atoms with Crippen LogP contribution in [0.15, 0.2) is 46.9 Å². The number of H-pyrrole nitrogens is 1. The first-order valence-corrected chi connectivity index (χ1v) is 9.28. The second-order valence-electron chi connectivity index (χ2n) is 6.62. The van der Waals surface area contributed by atoms with Crippen molar-refractivity contribution in [3.63, 3.8) is 0 Å². The third-order valence-electron chi connectivity index (χ3n) is 4.83. The molecule has 7 heteroatoms. The van der Waals surface area contributed by atoms with E-state index >= 15 is 0 Å². The number of benzene rings is 2. The number of carbonyl (C=O) groups is 1. The zero-order valence-electron chi connectivity index (χ0n) is 14.6. The second kappa shape index (κ2) is 7.62. The molecule has 1 aliphatic rings. The molecule has 140 valence electrons. The van der Waals surface area contributed by atoms with Crippen LogP contribution in [-0.2, 0) is 11.3 Å². The van der Waals surface area contributed by atoms with E-state index in [0.29, 0.717) is 34.6 Å². The third kappa shape index (κ3) is 3.94. The number of amides is 1. The van der Waals surface area contributed by atoms with Crippen molar-refractivity contribution in [3.8, 4) is 0 Å². The third-order valence-corrected chi connectivity index (χ3v) is 5.01. The van der Waals surface area contributed by atoms with Crippen molar-refractivity contribution in [2.24, 2.45) is 0 Å². The molecule has 1 fully saturated rings. The number of nitrogens with one attached hydrogen (secondary N) is 1. The molecular formula is C20H19FN2O3S. The number of rotatable bonds is 4. The van der Waals surface area contributed by atoms with E-state index in [1.165, 1.54) is 6.07 Å². The fourth-order valence-corrected chi connectivity index (χ4v) is 3.51. The summed E-state index contributed by atoms with van der Waals surface area (Å²) in [6, 6.07) is 11.9. The number of carbonyl (C=O) groups excluding carboxylic acids is 1. The first-order chi connectivity index (χ1) is 13.1. The van der Waals surface area contributed by atoms with Crippen LogP contribution < -0.4 is 0 Å². The number of nitrogens with zero attached hydrogens (tertiary/aromatic N) is 1. The molecule has 0 atom stereocenters. The highest BCUT2D eigenvalue weighted by atomic mass is 32.1. The van der Waals surface area contributed by atoms with Crippen LogP contribution in [0.1, 0.15) is 28.8 Å². The van der Waals surface area contributed by atoms with Crippen molar-refractivity contribution in [1.29, 1.82) is 0 Å². The number of halogens is 1. The SMILES string of the molecule is O=C(c1ccc2[nH]c(=S)oc2c1)N1CCC(OCc2ccccc2F)CC1. The normalized spacial score (nSPS) is 15.4. The number of hydrogen-bond donors (Lipinski definition) is 1. The molecule has 0 radical (unpaired) electrons. The quantitative estimate of drug-likeness (QED) is 0.673. The number of aromatic amines is 1. The molecule has 2 heterocycles. The average molecular weight is 386 g/mol. The lowest BCUT2D eigenvalue weighted by molar-refractivity contribution is -0.00131. The number of oxazole rings is 1. The molecule has 2 aromatic carbocycles. The number of aromatic nitrogens is 1. The first-order valence-electron chi connectivity index (χ1n) is 8.87. The van der Waals surface area contributed by atoms with Gasteiger partial charge in [0.05, 0.1) is 18.2 Å². The van der Waals surface area contributed by atoms with Gasteiger partial charge in [0, 0.05) is 24.2 Å².